The molecule has 0 spiro atoms. The van der Waals surface area contributed by atoms with Crippen LogP contribution in [0.15, 0.2) is 49.9 Å². The number of fused-ring (bicyclic) bond motifs is 1. The summed E-state index contributed by atoms with van der Waals surface area (Å²) in [5.41, 5.74) is 0.489. The molecule has 0 radical (unpaired) electrons. The summed E-state index contributed by atoms with van der Waals surface area (Å²) in [7, 11) is 3.55. The molecule has 26 heavy (non-hydrogen) atoms. The lowest BCUT2D eigenvalue weighted by molar-refractivity contribution is -0.753. The molecule has 9 nitrogen and oxygen atoms in total. The van der Waals surface area contributed by atoms with Gasteiger partial charge in [-0.15, -0.1) is 0 Å². The molecule has 10 heteroatoms. The molecule has 0 aliphatic rings. The predicted molar refractivity (Wildman–Crippen MR) is 96.3 cm³/mol. The molecule has 1 aromatic carbocycles. The first-order chi connectivity index (χ1) is 12.5. The molecule has 0 fully saturated rings. The highest BCUT2D eigenvalue weighted by atomic mass is 32.2. The Balaban J connectivity index is 1.82. The summed E-state index contributed by atoms with van der Waals surface area (Å²) in [6.07, 6.45) is 1.50. The monoisotopic (exact) mass is 374 g/mol. The van der Waals surface area contributed by atoms with E-state index in [-0.39, 0.29) is 17.2 Å². The van der Waals surface area contributed by atoms with E-state index in [2.05, 4.69) is 15.2 Å². The predicted octanol–water partition coefficient (Wildman–Crippen LogP) is 0.0721. The summed E-state index contributed by atoms with van der Waals surface area (Å²) in [6.45, 7) is 2.33. The van der Waals surface area contributed by atoms with Gasteiger partial charge in [0.15, 0.2) is 5.16 Å². The van der Waals surface area contributed by atoms with Crippen molar-refractivity contribution in [2.45, 2.75) is 18.6 Å². The van der Waals surface area contributed by atoms with Crippen LogP contribution in [-0.4, -0.2) is 40.6 Å². The Morgan fingerprint density at radius 3 is 2.88 bits per heavy atom. The molecule has 136 valence electrons. The third-order valence-corrected chi connectivity index (χ3v) is 4.52. The van der Waals surface area contributed by atoms with Gasteiger partial charge in [-0.25, -0.2) is 9.98 Å². The van der Waals surface area contributed by atoms with Crippen molar-refractivity contribution < 1.29 is 14.4 Å². The first kappa shape index (κ1) is 17.9. The number of nitrogens with zero attached hydrogens (tertiary/aromatic N) is 6. The van der Waals surface area contributed by atoms with Crippen LogP contribution in [0.2, 0.25) is 0 Å². The first-order valence-corrected chi connectivity index (χ1v) is 8.91. The molecule has 0 N–H and O–H groups in total. The summed E-state index contributed by atoms with van der Waals surface area (Å²) in [6, 6.07) is 7.15. The number of hydrogen-bond acceptors (Lipinski definition) is 8. The third kappa shape index (κ3) is 3.69. The van der Waals surface area contributed by atoms with Gasteiger partial charge in [-0.3, -0.25) is 13.9 Å². The van der Waals surface area contributed by atoms with Crippen LogP contribution in [0, 0.1) is 0 Å². The number of para-hydroxylation sites is 1. The van der Waals surface area contributed by atoms with Crippen LogP contribution in [0.4, 0.5) is 5.88 Å². The van der Waals surface area contributed by atoms with Gasteiger partial charge >= 0.3 is 5.88 Å². The summed E-state index contributed by atoms with van der Waals surface area (Å²) >= 11 is 1.17. The zero-order chi connectivity index (χ0) is 18.7. The Labute approximate surface area is 153 Å². The highest BCUT2D eigenvalue weighted by Crippen LogP contribution is 2.18. The van der Waals surface area contributed by atoms with Crippen LogP contribution in [0.1, 0.15) is 6.92 Å². The SMILES string of the molecule is CCn1c(SC/C([O-])=N\c2c[n+](N(C)C)no2)nc2ccccc2c1=O. The number of hydrogen-bond donors (Lipinski definition) is 0. The molecular weight excluding hydrogens is 356 g/mol. The molecular formula is C16H18N6O3S. The molecule has 3 aromatic rings. The molecule has 0 saturated carbocycles. The van der Waals surface area contributed by atoms with Gasteiger partial charge in [-0.05, 0) is 25.0 Å². The van der Waals surface area contributed by atoms with Crippen LogP contribution in [0.5, 0.6) is 0 Å². The molecule has 0 atom stereocenters. The lowest BCUT2D eigenvalue weighted by atomic mass is 10.2. The second kappa shape index (κ2) is 7.56. The van der Waals surface area contributed by atoms with Crippen LogP contribution >= 0.6 is 11.8 Å². The van der Waals surface area contributed by atoms with Crippen molar-refractivity contribution >= 4 is 34.4 Å². The minimum absolute atomic E-state index is 0.0352. The van der Waals surface area contributed by atoms with Gasteiger partial charge in [-0.1, -0.05) is 23.9 Å². The quantitative estimate of drug-likeness (QED) is 0.198. The molecule has 0 aliphatic carbocycles. The van der Waals surface area contributed by atoms with Gasteiger partial charge < -0.3 is 5.11 Å². The van der Waals surface area contributed by atoms with Crippen molar-refractivity contribution in [3.05, 3.63) is 40.8 Å². The number of rotatable bonds is 6. The van der Waals surface area contributed by atoms with Crippen LogP contribution in [0.25, 0.3) is 10.9 Å². The van der Waals surface area contributed by atoms with Crippen molar-refractivity contribution in [1.29, 1.82) is 0 Å². The fourth-order valence-electron chi connectivity index (χ4n) is 2.29. The van der Waals surface area contributed by atoms with E-state index < -0.39 is 5.90 Å². The average Bonchev–Trinajstić information content (AvgIpc) is 3.09. The summed E-state index contributed by atoms with van der Waals surface area (Å²) in [4.78, 5) is 22.3. The minimum Gasteiger partial charge on any atom is -0.861 e. The second-order valence-corrected chi connectivity index (χ2v) is 6.51. The number of aromatic nitrogens is 4. The van der Waals surface area contributed by atoms with E-state index in [4.69, 9.17) is 4.52 Å². The van der Waals surface area contributed by atoms with E-state index in [1.165, 1.54) is 22.7 Å². The molecule has 3 rings (SSSR count). The van der Waals surface area contributed by atoms with Crippen molar-refractivity contribution in [2.75, 3.05) is 24.9 Å². The van der Waals surface area contributed by atoms with Crippen molar-refractivity contribution in [3.63, 3.8) is 0 Å². The number of benzene rings is 1. The van der Waals surface area contributed by atoms with Gasteiger partial charge in [0.25, 0.3) is 11.8 Å². The summed E-state index contributed by atoms with van der Waals surface area (Å²) < 4.78 is 6.52. The van der Waals surface area contributed by atoms with Gasteiger partial charge in [0.1, 0.15) is 0 Å². The maximum Gasteiger partial charge on any atom is 0.324 e. The Morgan fingerprint density at radius 2 is 2.19 bits per heavy atom. The van der Waals surface area contributed by atoms with E-state index in [0.29, 0.717) is 22.6 Å². The van der Waals surface area contributed by atoms with Gasteiger partial charge in [-0.2, -0.15) is 5.01 Å². The molecule has 0 saturated heterocycles. The average molecular weight is 374 g/mol. The number of thioether (sulfide) groups is 1. The molecule has 0 unspecified atom stereocenters. The largest absolute Gasteiger partial charge is 0.861 e. The maximum atomic E-state index is 12.6. The number of aliphatic imine (C=N–C) groups is 1. The smallest absolute Gasteiger partial charge is 0.324 e. The van der Waals surface area contributed by atoms with E-state index in [1.807, 2.05) is 13.0 Å². The molecule has 2 heterocycles. The molecule has 0 amide bonds. The van der Waals surface area contributed by atoms with Crippen molar-refractivity contribution in [1.82, 2.24) is 14.8 Å². The topological polar surface area (TPSA) is 103 Å². The standard InChI is InChI=1S/C16H18N6O3S/c1-4-21-15(24)11-7-5-6-8-12(11)17-16(21)26-10-13(23)18-14-9-22(19-25-14)20(2)3/h5-9H,4,10H2,1-3H3. The minimum atomic E-state index is -0.401. The van der Waals surface area contributed by atoms with Gasteiger partial charge in [0, 0.05) is 12.3 Å². The Morgan fingerprint density at radius 1 is 1.42 bits per heavy atom. The highest BCUT2D eigenvalue weighted by Gasteiger charge is 2.13. The van der Waals surface area contributed by atoms with E-state index in [9.17, 15) is 9.90 Å². The second-order valence-electron chi connectivity index (χ2n) is 5.56. The van der Waals surface area contributed by atoms with E-state index >= 15 is 0 Å². The van der Waals surface area contributed by atoms with Crippen LogP contribution in [-0.2, 0) is 6.54 Å². The maximum absolute atomic E-state index is 12.6. The van der Waals surface area contributed by atoms with E-state index in [0.717, 1.165) is 0 Å². The van der Waals surface area contributed by atoms with Crippen LogP contribution < -0.4 is 20.5 Å². The Bertz CT molecular complexity index is 1010. The molecule has 0 bridgehead atoms. The zero-order valence-electron chi connectivity index (χ0n) is 14.6. The fraction of sp³-hybridized carbons (Fsp3) is 0.312. The normalized spacial score (nSPS) is 11.9. The molecule has 2 aromatic heterocycles. The van der Waals surface area contributed by atoms with E-state index in [1.54, 1.807) is 41.9 Å². The fourth-order valence-corrected chi connectivity index (χ4v) is 3.13. The first-order valence-electron chi connectivity index (χ1n) is 7.92. The van der Waals surface area contributed by atoms with Gasteiger partial charge in [0.2, 0.25) is 5.27 Å². The Kier molecular flexibility index (Phi) is 5.21. The summed E-state index contributed by atoms with van der Waals surface area (Å²) in [5, 5.41) is 18.5. The zero-order valence-corrected chi connectivity index (χ0v) is 15.4. The van der Waals surface area contributed by atoms with Crippen molar-refractivity contribution in [2.24, 2.45) is 4.99 Å². The lowest BCUT2D eigenvalue weighted by Crippen LogP contribution is -2.53. The summed E-state index contributed by atoms with van der Waals surface area (Å²) in [5.74, 6) is -0.251. The molecule has 0 aliphatic heterocycles. The van der Waals surface area contributed by atoms with Crippen LogP contribution in [0.3, 0.4) is 0 Å². The lowest BCUT2D eigenvalue weighted by Gasteiger charge is -2.13. The Hall–Kier alpha value is -2.88. The van der Waals surface area contributed by atoms with Crippen molar-refractivity contribution in [3.8, 4) is 0 Å². The van der Waals surface area contributed by atoms with Gasteiger partial charge in [0.05, 0.1) is 29.8 Å². The third-order valence-electron chi connectivity index (χ3n) is 3.56. The highest BCUT2D eigenvalue weighted by molar-refractivity contribution is 7.99.